The Morgan fingerprint density at radius 1 is 1.41 bits per heavy atom. The summed E-state index contributed by atoms with van der Waals surface area (Å²) >= 11 is 5.97. The lowest BCUT2D eigenvalue weighted by Crippen LogP contribution is -2.36. The van der Waals surface area contributed by atoms with Crippen LogP contribution in [-0.2, 0) is 4.79 Å². The Bertz CT molecular complexity index is 558. The maximum atomic E-state index is 12.3. The summed E-state index contributed by atoms with van der Waals surface area (Å²) in [5.41, 5.74) is 6.60. The van der Waals surface area contributed by atoms with Gasteiger partial charge in [-0.2, -0.15) is 0 Å². The van der Waals surface area contributed by atoms with Gasteiger partial charge < -0.3 is 16.4 Å². The van der Waals surface area contributed by atoms with Gasteiger partial charge in [-0.25, -0.2) is 0 Å². The monoisotopic (exact) mass is 323 g/mol. The van der Waals surface area contributed by atoms with Gasteiger partial charge in [-0.15, -0.1) is 0 Å². The number of nitrogens with two attached hydrogens (primary N) is 1. The molecule has 0 heterocycles. The van der Waals surface area contributed by atoms with Crippen molar-refractivity contribution in [2.45, 2.75) is 38.6 Å². The molecule has 22 heavy (non-hydrogen) atoms. The summed E-state index contributed by atoms with van der Waals surface area (Å²) in [7, 11) is 0. The van der Waals surface area contributed by atoms with Crippen LogP contribution < -0.4 is 16.4 Å². The summed E-state index contributed by atoms with van der Waals surface area (Å²) in [5, 5.41) is 6.05. The first kappa shape index (κ1) is 16.8. The number of hydrogen-bond donors (Lipinski definition) is 3. The molecule has 0 aliphatic heterocycles. The fraction of sp³-hybridized carbons (Fsp3) is 0.500. The third-order valence-corrected chi connectivity index (χ3v) is 3.90. The van der Waals surface area contributed by atoms with Crippen LogP contribution in [0.2, 0.25) is 5.02 Å². The molecular formula is C16H22ClN3O2. The molecule has 1 aromatic carbocycles. The van der Waals surface area contributed by atoms with Crippen molar-refractivity contribution in [3.05, 3.63) is 28.8 Å². The molecule has 0 spiro atoms. The van der Waals surface area contributed by atoms with Gasteiger partial charge in [-0.1, -0.05) is 24.9 Å². The van der Waals surface area contributed by atoms with Crippen LogP contribution in [0.25, 0.3) is 0 Å². The third kappa shape index (κ3) is 4.71. The van der Waals surface area contributed by atoms with Gasteiger partial charge in [0.25, 0.3) is 5.91 Å². The predicted octanol–water partition coefficient (Wildman–Crippen LogP) is 2.55. The van der Waals surface area contributed by atoms with Gasteiger partial charge in [0, 0.05) is 11.6 Å². The molecule has 1 atom stereocenters. The highest BCUT2D eigenvalue weighted by molar-refractivity contribution is 6.31. The number of carbonyl (C=O) groups is 2. The molecule has 0 saturated heterocycles. The second-order valence-corrected chi connectivity index (χ2v) is 6.16. The highest BCUT2D eigenvalue weighted by Crippen LogP contribution is 2.28. The highest BCUT2D eigenvalue weighted by Gasteiger charge is 2.23. The molecule has 1 aliphatic carbocycles. The first-order valence-corrected chi connectivity index (χ1v) is 8.03. The Labute approximate surface area is 135 Å². The zero-order valence-electron chi connectivity index (χ0n) is 12.7. The average Bonchev–Trinajstić information content (AvgIpc) is 3.31. The number of nitrogens with one attached hydrogen (secondary N) is 2. The molecule has 2 rings (SSSR count). The smallest absolute Gasteiger partial charge is 0.253 e. The lowest BCUT2D eigenvalue weighted by molar-refractivity contribution is -0.117. The van der Waals surface area contributed by atoms with Crippen molar-refractivity contribution in [1.29, 1.82) is 0 Å². The number of halogens is 1. The van der Waals surface area contributed by atoms with E-state index in [0.29, 0.717) is 35.2 Å². The fourth-order valence-corrected chi connectivity index (χ4v) is 2.31. The summed E-state index contributed by atoms with van der Waals surface area (Å²) in [4.78, 5) is 24.3. The lowest BCUT2D eigenvalue weighted by atomic mass is 10.1. The van der Waals surface area contributed by atoms with E-state index in [1.165, 1.54) is 0 Å². The maximum Gasteiger partial charge on any atom is 0.253 e. The van der Waals surface area contributed by atoms with E-state index in [1.54, 1.807) is 18.2 Å². The van der Waals surface area contributed by atoms with Crippen LogP contribution in [0.1, 0.15) is 43.0 Å². The summed E-state index contributed by atoms with van der Waals surface area (Å²) in [6, 6.07) is 4.25. The van der Waals surface area contributed by atoms with Crippen molar-refractivity contribution in [2.75, 3.05) is 11.9 Å². The minimum atomic E-state index is -0.581. The molecule has 1 saturated carbocycles. The van der Waals surface area contributed by atoms with Crippen LogP contribution in [0.15, 0.2) is 18.2 Å². The topological polar surface area (TPSA) is 84.2 Å². The molecule has 1 aliphatic rings. The first-order chi connectivity index (χ1) is 10.5. The Kier molecular flexibility index (Phi) is 5.80. The second kappa shape index (κ2) is 7.61. The first-order valence-electron chi connectivity index (χ1n) is 7.65. The highest BCUT2D eigenvalue weighted by atomic mass is 35.5. The van der Waals surface area contributed by atoms with E-state index < -0.39 is 6.04 Å². The molecule has 4 N–H and O–H groups in total. The maximum absolute atomic E-state index is 12.3. The van der Waals surface area contributed by atoms with Crippen LogP contribution in [0.5, 0.6) is 0 Å². The molecule has 0 radical (unpaired) electrons. The van der Waals surface area contributed by atoms with Crippen molar-refractivity contribution >= 4 is 29.1 Å². The Balaban J connectivity index is 2.08. The number of amides is 2. The van der Waals surface area contributed by atoms with Gasteiger partial charge in [0.15, 0.2) is 0 Å². The van der Waals surface area contributed by atoms with Crippen molar-refractivity contribution in [1.82, 2.24) is 5.32 Å². The Morgan fingerprint density at radius 2 is 2.14 bits per heavy atom. The molecule has 2 amide bonds. The van der Waals surface area contributed by atoms with E-state index in [4.69, 9.17) is 17.3 Å². The van der Waals surface area contributed by atoms with Gasteiger partial charge >= 0.3 is 0 Å². The summed E-state index contributed by atoms with van der Waals surface area (Å²) in [6.07, 6.45) is 3.74. The zero-order valence-corrected chi connectivity index (χ0v) is 13.5. The molecule has 1 fully saturated rings. The SMILES string of the molecule is CCCC(N)C(=O)Nc1ccc(Cl)cc1C(=O)NCC1CC1. The zero-order chi connectivity index (χ0) is 16.1. The number of benzene rings is 1. The van der Waals surface area contributed by atoms with Crippen LogP contribution in [0, 0.1) is 5.92 Å². The van der Waals surface area contributed by atoms with E-state index in [0.717, 1.165) is 19.3 Å². The van der Waals surface area contributed by atoms with E-state index in [-0.39, 0.29) is 11.8 Å². The normalized spacial score (nSPS) is 15.2. The average molecular weight is 324 g/mol. The Hall–Kier alpha value is -1.59. The molecule has 120 valence electrons. The van der Waals surface area contributed by atoms with Gasteiger partial charge in [0.2, 0.25) is 5.91 Å². The van der Waals surface area contributed by atoms with Gasteiger partial charge in [-0.3, -0.25) is 9.59 Å². The predicted molar refractivity (Wildman–Crippen MR) is 88.0 cm³/mol. The quantitative estimate of drug-likeness (QED) is 0.721. The van der Waals surface area contributed by atoms with E-state index >= 15 is 0 Å². The van der Waals surface area contributed by atoms with E-state index in [9.17, 15) is 9.59 Å². The van der Waals surface area contributed by atoms with Crippen molar-refractivity contribution in [3.63, 3.8) is 0 Å². The second-order valence-electron chi connectivity index (χ2n) is 5.73. The fourth-order valence-electron chi connectivity index (χ4n) is 2.14. The number of hydrogen-bond acceptors (Lipinski definition) is 3. The number of anilines is 1. The van der Waals surface area contributed by atoms with Crippen molar-refractivity contribution < 1.29 is 9.59 Å². The largest absolute Gasteiger partial charge is 0.352 e. The minimum Gasteiger partial charge on any atom is -0.352 e. The lowest BCUT2D eigenvalue weighted by Gasteiger charge is -2.15. The van der Waals surface area contributed by atoms with Gasteiger partial charge in [0.1, 0.15) is 0 Å². The third-order valence-electron chi connectivity index (χ3n) is 3.67. The number of carbonyl (C=O) groups excluding carboxylic acids is 2. The molecule has 6 heteroatoms. The van der Waals surface area contributed by atoms with Crippen LogP contribution in [0.3, 0.4) is 0 Å². The molecular weight excluding hydrogens is 302 g/mol. The summed E-state index contributed by atoms with van der Waals surface area (Å²) in [6.45, 7) is 2.63. The van der Waals surface area contributed by atoms with Crippen LogP contribution in [-0.4, -0.2) is 24.4 Å². The molecule has 1 unspecified atom stereocenters. The van der Waals surface area contributed by atoms with E-state index in [2.05, 4.69) is 10.6 Å². The molecule has 1 aromatic rings. The number of rotatable bonds is 7. The summed E-state index contributed by atoms with van der Waals surface area (Å²) in [5.74, 6) is 0.0633. The van der Waals surface area contributed by atoms with E-state index in [1.807, 2.05) is 6.92 Å². The summed E-state index contributed by atoms with van der Waals surface area (Å²) < 4.78 is 0. The minimum absolute atomic E-state index is 0.228. The van der Waals surface area contributed by atoms with Gasteiger partial charge in [0.05, 0.1) is 17.3 Å². The molecule has 0 aromatic heterocycles. The Morgan fingerprint density at radius 3 is 2.77 bits per heavy atom. The standard InChI is InChI=1S/C16H22ClN3O2/c1-2-3-13(18)16(22)20-14-7-6-11(17)8-12(14)15(21)19-9-10-4-5-10/h6-8,10,13H,2-5,9,18H2,1H3,(H,19,21)(H,20,22). The van der Waals surface area contributed by atoms with Crippen LogP contribution in [0.4, 0.5) is 5.69 Å². The molecule has 5 nitrogen and oxygen atoms in total. The van der Waals surface area contributed by atoms with Crippen LogP contribution >= 0.6 is 11.6 Å². The van der Waals surface area contributed by atoms with Gasteiger partial charge in [-0.05, 0) is 43.4 Å². The van der Waals surface area contributed by atoms with Crippen molar-refractivity contribution in [3.8, 4) is 0 Å². The molecule has 0 bridgehead atoms. The van der Waals surface area contributed by atoms with Crippen molar-refractivity contribution in [2.24, 2.45) is 11.7 Å².